The van der Waals surface area contributed by atoms with Crippen molar-refractivity contribution in [1.82, 2.24) is 0 Å². The number of rotatable bonds is 6. The smallest absolute Gasteiger partial charge is 0.170 e. The van der Waals surface area contributed by atoms with Gasteiger partial charge in [0.1, 0.15) is 5.25 Å². The first-order valence-electron chi connectivity index (χ1n) is 4.97. The van der Waals surface area contributed by atoms with Crippen molar-refractivity contribution in [3.05, 3.63) is 0 Å². The van der Waals surface area contributed by atoms with Crippen LogP contribution in [0.4, 0.5) is 13.2 Å². The molecule has 4 heteroatoms. The van der Waals surface area contributed by atoms with Gasteiger partial charge in [0.2, 0.25) is 0 Å². The molecule has 0 bridgehead atoms. The van der Waals surface area contributed by atoms with Crippen LogP contribution in [0, 0.1) is 5.92 Å². The number of thioether (sulfide) groups is 1. The highest BCUT2D eigenvalue weighted by atomic mass is 32.2. The summed E-state index contributed by atoms with van der Waals surface area (Å²) in [4.78, 5) is 0. The maximum Gasteiger partial charge on any atom is 0.400 e. The normalized spacial score (nSPS) is 14.8. The van der Waals surface area contributed by atoms with E-state index < -0.39 is 11.4 Å². The Bertz CT molecular complexity index is 143. The first-order valence-corrected chi connectivity index (χ1v) is 6.26. The quantitative estimate of drug-likeness (QED) is 0.603. The number of halogens is 3. The second-order valence-electron chi connectivity index (χ2n) is 3.94. The van der Waals surface area contributed by atoms with E-state index in [0.717, 1.165) is 24.6 Å². The van der Waals surface area contributed by atoms with Gasteiger partial charge < -0.3 is 0 Å². The zero-order chi connectivity index (χ0) is 11.2. The lowest BCUT2D eigenvalue weighted by Gasteiger charge is -2.17. The van der Waals surface area contributed by atoms with E-state index in [4.69, 9.17) is 0 Å². The average molecular weight is 228 g/mol. The van der Waals surface area contributed by atoms with Crippen molar-refractivity contribution in [3.63, 3.8) is 0 Å². The van der Waals surface area contributed by atoms with Crippen molar-refractivity contribution < 1.29 is 13.2 Å². The van der Waals surface area contributed by atoms with Gasteiger partial charge >= 0.3 is 6.18 Å². The minimum absolute atomic E-state index is 0.261. The van der Waals surface area contributed by atoms with Crippen LogP contribution in [0.5, 0.6) is 0 Å². The van der Waals surface area contributed by atoms with E-state index in [1.807, 2.05) is 0 Å². The summed E-state index contributed by atoms with van der Waals surface area (Å²) in [6.45, 7) is 4.19. The molecule has 0 aromatic carbocycles. The first-order chi connectivity index (χ1) is 6.38. The Morgan fingerprint density at radius 1 is 1.07 bits per heavy atom. The van der Waals surface area contributed by atoms with E-state index in [2.05, 4.69) is 13.8 Å². The van der Waals surface area contributed by atoms with Crippen LogP contribution in [0.2, 0.25) is 0 Å². The third-order valence-electron chi connectivity index (χ3n) is 2.15. The van der Waals surface area contributed by atoms with Crippen molar-refractivity contribution in [1.29, 1.82) is 0 Å². The van der Waals surface area contributed by atoms with Gasteiger partial charge in [-0.25, -0.2) is 0 Å². The van der Waals surface area contributed by atoms with E-state index in [9.17, 15) is 13.2 Å². The molecule has 0 saturated carbocycles. The molecule has 0 aliphatic carbocycles. The second-order valence-corrected chi connectivity index (χ2v) is 4.98. The maximum atomic E-state index is 12.3. The number of unbranched alkanes of at least 4 members (excludes halogenated alkanes) is 1. The SMILES string of the molecule is CSC(CCCCC(C)C)C(F)(F)F. The van der Waals surface area contributed by atoms with E-state index in [0.29, 0.717) is 12.3 Å². The largest absolute Gasteiger partial charge is 0.400 e. The molecule has 14 heavy (non-hydrogen) atoms. The minimum atomic E-state index is -4.03. The van der Waals surface area contributed by atoms with Gasteiger partial charge in [-0.3, -0.25) is 0 Å². The molecule has 0 aliphatic rings. The summed E-state index contributed by atoms with van der Waals surface area (Å²) < 4.78 is 36.9. The van der Waals surface area contributed by atoms with Crippen LogP contribution in [0.25, 0.3) is 0 Å². The summed E-state index contributed by atoms with van der Waals surface area (Å²) >= 11 is 0.911. The molecule has 0 radical (unpaired) electrons. The molecule has 0 nitrogen and oxygen atoms in total. The van der Waals surface area contributed by atoms with Gasteiger partial charge in [-0.2, -0.15) is 24.9 Å². The highest BCUT2D eigenvalue weighted by Crippen LogP contribution is 2.32. The van der Waals surface area contributed by atoms with E-state index in [-0.39, 0.29) is 6.42 Å². The molecule has 1 atom stereocenters. The Morgan fingerprint density at radius 3 is 1.93 bits per heavy atom. The predicted octanol–water partition coefficient (Wildman–Crippen LogP) is 4.50. The molecule has 1 unspecified atom stereocenters. The molecule has 0 N–H and O–H groups in total. The Kier molecular flexibility index (Phi) is 6.66. The maximum absolute atomic E-state index is 12.3. The fourth-order valence-electron chi connectivity index (χ4n) is 1.30. The van der Waals surface area contributed by atoms with Crippen LogP contribution in [0.1, 0.15) is 39.5 Å². The summed E-state index contributed by atoms with van der Waals surface area (Å²) in [6.07, 6.45) is 0.377. The van der Waals surface area contributed by atoms with Crippen LogP contribution in [0.15, 0.2) is 0 Å². The fourth-order valence-corrected chi connectivity index (χ4v) is 1.97. The minimum Gasteiger partial charge on any atom is -0.170 e. The first kappa shape index (κ1) is 14.1. The lowest BCUT2D eigenvalue weighted by atomic mass is 10.0. The standard InChI is InChI=1S/C10H19F3S/c1-8(2)6-4-5-7-9(14-3)10(11,12)13/h8-9H,4-7H2,1-3H3. The summed E-state index contributed by atoms with van der Waals surface area (Å²) in [5.41, 5.74) is 0. The van der Waals surface area contributed by atoms with Gasteiger partial charge in [-0.05, 0) is 18.6 Å². The fraction of sp³-hybridized carbons (Fsp3) is 1.00. The molecule has 0 fully saturated rings. The number of hydrogen-bond acceptors (Lipinski definition) is 1. The lowest BCUT2D eigenvalue weighted by molar-refractivity contribution is -0.129. The Labute approximate surface area is 88.6 Å². The van der Waals surface area contributed by atoms with Gasteiger partial charge in [0.25, 0.3) is 0 Å². The van der Waals surface area contributed by atoms with Crippen LogP contribution < -0.4 is 0 Å². The predicted molar refractivity (Wildman–Crippen MR) is 56.7 cm³/mol. The van der Waals surface area contributed by atoms with Crippen LogP contribution in [-0.4, -0.2) is 17.7 Å². The summed E-state index contributed by atoms with van der Waals surface area (Å²) in [5.74, 6) is 0.591. The molecular weight excluding hydrogens is 209 g/mol. The van der Waals surface area contributed by atoms with Crippen molar-refractivity contribution in [3.8, 4) is 0 Å². The molecule has 0 aromatic heterocycles. The molecule has 0 heterocycles. The monoisotopic (exact) mass is 228 g/mol. The highest BCUT2D eigenvalue weighted by Gasteiger charge is 2.38. The van der Waals surface area contributed by atoms with Crippen molar-refractivity contribution >= 4 is 11.8 Å². The Hall–Kier alpha value is 0.140. The van der Waals surface area contributed by atoms with Gasteiger partial charge in [-0.1, -0.05) is 33.1 Å². The van der Waals surface area contributed by atoms with Crippen molar-refractivity contribution in [2.45, 2.75) is 51.0 Å². The van der Waals surface area contributed by atoms with Gasteiger partial charge in [0.05, 0.1) is 0 Å². The molecule has 86 valence electrons. The van der Waals surface area contributed by atoms with Crippen LogP contribution in [-0.2, 0) is 0 Å². The third-order valence-corrected chi connectivity index (χ3v) is 3.22. The van der Waals surface area contributed by atoms with Gasteiger partial charge in [0, 0.05) is 0 Å². The van der Waals surface area contributed by atoms with Gasteiger partial charge in [-0.15, -0.1) is 0 Å². The van der Waals surface area contributed by atoms with Crippen molar-refractivity contribution in [2.75, 3.05) is 6.26 Å². The summed E-state index contributed by atoms with van der Waals surface area (Å²) in [5, 5.41) is -1.17. The topological polar surface area (TPSA) is 0 Å². The van der Waals surface area contributed by atoms with Gasteiger partial charge in [0.15, 0.2) is 0 Å². The molecule has 0 aliphatic heterocycles. The lowest BCUT2D eigenvalue weighted by Crippen LogP contribution is -2.25. The number of alkyl halides is 3. The Morgan fingerprint density at radius 2 is 1.57 bits per heavy atom. The molecule has 0 saturated heterocycles. The molecule has 0 spiro atoms. The highest BCUT2D eigenvalue weighted by molar-refractivity contribution is 7.99. The van der Waals surface area contributed by atoms with E-state index in [1.165, 1.54) is 6.26 Å². The molecular formula is C10H19F3S. The molecule has 0 aromatic rings. The van der Waals surface area contributed by atoms with E-state index in [1.54, 1.807) is 0 Å². The molecule has 0 amide bonds. The van der Waals surface area contributed by atoms with Crippen LogP contribution >= 0.6 is 11.8 Å². The summed E-state index contributed by atoms with van der Waals surface area (Å²) in [7, 11) is 0. The molecule has 0 rings (SSSR count). The second kappa shape index (κ2) is 6.59. The average Bonchev–Trinajstić information content (AvgIpc) is 2.01. The number of hydrogen-bond donors (Lipinski definition) is 0. The zero-order valence-electron chi connectivity index (χ0n) is 9.03. The third kappa shape index (κ3) is 6.57. The van der Waals surface area contributed by atoms with E-state index >= 15 is 0 Å². The zero-order valence-corrected chi connectivity index (χ0v) is 9.84. The Balaban J connectivity index is 3.64. The van der Waals surface area contributed by atoms with Crippen LogP contribution in [0.3, 0.4) is 0 Å². The summed E-state index contributed by atoms with van der Waals surface area (Å²) in [6, 6.07) is 0. The van der Waals surface area contributed by atoms with Crippen molar-refractivity contribution in [2.24, 2.45) is 5.92 Å².